The number of carbonyl (C=O) groups excluding carboxylic acids is 4. The van der Waals surface area contributed by atoms with E-state index < -0.39 is 11.9 Å². The zero-order chi connectivity index (χ0) is 20.4. The molecule has 1 fully saturated rings. The fourth-order valence-electron chi connectivity index (χ4n) is 3.57. The maximum absolute atomic E-state index is 12.7. The molecule has 4 amide bonds. The number of rotatable bonds is 4. The van der Waals surface area contributed by atoms with Crippen molar-refractivity contribution in [1.82, 2.24) is 10.2 Å². The first-order chi connectivity index (χ1) is 14.0. The molecule has 1 saturated heterocycles. The minimum absolute atomic E-state index is 0.214. The van der Waals surface area contributed by atoms with Crippen molar-refractivity contribution in [2.24, 2.45) is 0 Å². The van der Waals surface area contributed by atoms with E-state index in [2.05, 4.69) is 10.6 Å². The molecule has 0 spiro atoms. The van der Waals surface area contributed by atoms with Gasteiger partial charge in [-0.25, -0.2) is 0 Å². The van der Waals surface area contributed by atoms with Gasteiger partial charge in [0.05, 0.1) is 0 Å². The molecular formula is C22H19N3O4. The quantitative estimate of drug-likeness (QED) is 0.618. The number of amides is 4. The van der Waals surface area contributed by atoms with E-state index in [1.165, 1.54) is 11.0 Å². The molecule has 2 aromatic carbocycles. The minimum atomic E-state index is -0.653. The van der Waals surface area contributed by atoms with Gasteiger partial charge in [-0.15, -0.1) is 0 Å². The zero-order valence-corrected chi connectivity index (χ0v) is 15.6. The fourth-order valence-corrected chi connectivity index (χ4v) is 3.57. The van der Waals surface area contributed by atoms with Gasteiger partial charge in [0.15, 0.2) is 0 Å². The highest BCUT2D eigenvalue weighted by molar-refractivity contribution is 6.06. The van der Waals surface area contributed by atoms with Crippen LogP contribution in [0.15, 0.2) is 54.6 Å². The first-order valence-electron chi connectivity index (χ1n) is 9.33. The maximum Gasteiger partial charge on any atom is 0.255 e. The van der Waals surface area contributed by atoms with Crippen LogP contribution in [0.2, 0.25) is 0 Å². The van der Waals surface area contributed by atoms with Crippen molar-refractivity contribution in [2.75, 3.05) is 5.32 Å². The molecule has 29 heavy (non-hydrogen) atoms. The second kappa shape index (κ2) is 7.71. The lowest BCUT2D eigenvalue weighted by molar-refractivity contribution is -0.136. The van der Waals surface area contributed by atoms with E-state index >= 15 is 0 Å². The monoisotopic (exact) mass is 389 g/mol. The number of nitrogens with one attached hydrogen (secondary N) is 2. The topological polar surface area (TPSA) is 95.6 Å². The largest absolute Gasteiger partial charge is 0.323 e. The number of hydrogen-bond acceptors (Lipinski definition) is 4. The van der Waals surface area contributed by atoms with Gasteiger partial charge >= 0.3 is 0 Å². The molecule has 0 aromatic heterocycles. The molecule has 2 aromatic rings. The normalized spacial score (nSPS) is 18.7. The van der Waals surface area contributed by atoms with Crippen LogP contribution in [0.1, 0.15) is 34.3 Å². The van der Waals surface area contributed by atoms with Crippen molar-refractivity contribution in [3.05, 3.63) is 71.3 Å². The Kier molecular flexibility index (Phi) is 4.95. The predicted molar refractivity (Wildman–Crippen MR) is 107 cm³/mol. The second-order valence-corrected chi connectivity index (χ2v) is 7.01. The summed E-state index contributed by atoms with van der Waals surface area (Å²) in [5, 5.41) is 5.07. The van der Waals surface area contributed by atoms with Gasteiger partial charge in [-0.1, -0.05) is 30.3 Å². The van der Waals surface area contributed by atoms with Gasteiger partial charge < -0.3 is 10.2 Å². The van der Waals surface area contributed by atoms with Gasteiger partial charge in [0, 0.05) is 30.3 Å². The van der Waals surface area contributed by atoms with Gasteiger partial charge in [0.1, 0.15) is 6.04 Å². The van der Waals surface area contributed by atoms with Crippen LogP contribution in [0, 0.1) is 0 Å². The summed E-state index contributed by atoms with van der Waals surface area (Å²) < 4.78 is 0. The van der Waals surface area contributed by atoms with Crippen LogP contribution in [0.4, 0.5) is 5.69 Å². The van der Waals surface area contributed by atoms with Crippen LogP contribution in [-0.2, 0) is 20.9 Å². The number of anilines is 1. The summed E-state index contributed by atoms with van der Waals surface area (Å²) in [4.78, 5) is 49.8. The summed E-state index contributed by atoms with van der Waals surface area (Å²) in [6.45, 7) is 0.268. The Hall–Kier alpha value is -3.74. The highest BCUT2D eigenvalue weighted by atomic mass is 16.2. The molecule has 0 aliphatic carbocycles. The first-order valence-corrected chi connectivity index (χ1v) is 9.33. The van der Waals surface area contributed by atoms with Crippen molar-refractivity contribution in [3.63, 3.8) is 0 Å². The van der Waals surface area contributed by atoms with E-state index in [1.807, 2.05) is 30.3 Å². The van der Waals surface area contributed by atoms with Crippen LogP contribution < -0.4 is 10.6 Å². The highest BCUT2D eigenvalue weighted by Crippen LogP contribution is 2.29. The smallest absolute Gasteiger partial charge is 0.255 e. The van der Waals surface area contributed by atoms with E-state index in [9.17, 15) is 19.2 Å². The van der Waals surface area contributed by atoms with E-state index in [4.69, 9.17) is 0 Å². The van der Waals surface area contributed by atoms with Crippen LogP contribution >= 0.6 is 0 Å². The van der Waals surface area contributed by atoms with Crippen molar-refractivity contribution in [1.29, 1.82) is 0 Å². The lowest BCUT2D eigenvalue weighted by Crippen LogP contribution is -2.52. The average Bonchev–Trinajstić information content (AvgIpc) is 3.03. The fraction of sp³-hybridized carbons (Fsp3) is 0.182. The van der Waals surface area contributed by atoms with Crippen molar-refractivity contribution >= 4 is 35.4 Å². The number of hydrogen-bond donors (Lipinski definition) is 2. The Bertz CT molecular complexity index is 1030. The molecule has 2 aliphatic rings. The maximum atomic E-state index is 12.7. The third-order valence-corrected chi connectivity index (χ3v) is 5.02. The summed E-state index contributed by atoms with van der Waals surface area (Å²) in [7, 11) is 0. The number of nitrogens with zero attached hydrogens (tertiary/aromatic N) is 1. The van der Waals surface area contributed by atoms with E-state index in [1.54, 1.807) is 24.3 Å². The number of imide groups is 1. The summed E-state index contributed by atoms with van der Waals surface area (Å²) in [5.41, 5.74) is 2.74. The Balaban J connectivity index is 1.45. The molecule has 0 bridgehead atoms. The Morgan fingerprint density at radius 2 is 1.90 bits per heavy atom. The number of piperidine rings is 1. The molecule has 2 aliphatic heterocycles. The Morgan fingerprint density at radius 3 is 2.66 bits per heavy atom. The third-order valence-electron chi connectivity index (χ3n) is 5.02. The Labute approximate surface area is 167 Å². The summed E-state index contributed by atoms with van der Waals surface area (Å²) in [6.07, 6.45) is 3.70. The van der Waals surface area contributed by atoms with Gasteiger partial charge in [0.2, 0.25) is 17.7 Å². The Morgan fingerprint density at radius 1 is 1.10 bits per heavy atom. The number of fused-ring (bicyclic) bond motifs is 1. The van der Waals surface area contributed by atoms with Crippen LogP contribution in [0.25, 0.3) is 6.08 Å². The van der Waals surface area contributed by atoms with Crippen molar-refractivity contribution in [2.45, 2.75) is 25.4 Å². The summed E-state index contributed by atoms with van der Waals surface area (Å²) >= 11 is 0. The van der Waals surface area contributed by atoms with Crippen LogP contribution in [-0.4, -0.2) is 34.6 Å². The molecule has 2 N–H and O–H groups in total. The molecule has 7 heteroatoms. The number of carbonyl (C=O) groups is 4. The molecule has 1 atom stereocenters. The molecule has 0 radical (unpaired) electrons. The summed E-state index contributed by atoms with van der Waals surface area (Å²) in [5.74, 6) is -1.28. The standard InChI is InChI=1S/C22H19N3O4/c26-19(10-6-14-4-2-1-3-5-14)23-16-7-8-17-15(12-16)13-25(22(17)29)18-9-11-20(27)24-21(18)28/h1-8,10,12,18H,9,11,13H2,(H,23,26)(H,24,27,28). The molecule has 4 rings (SSSR count). The minimum Gasteiger partial charge on any atom is -0.323 e. The third kappa shape index (κ3) is 3.94. The highest BCUT2D eigenvalue weighted by Gasteiger charge is 2.39. The van der Waals surface area contributed by atoms with E-state index in [0.29, 0.717) is 17.7 Å². The zero-order valence-electron chi connectivity index (χ0n) is 15.6. The van der Waals surface area contributed by atoms with Gasteiger partial charge in [-0.05, 0) is 41.8 Å². The average molecular weight is 389 g/mol. The van der Waals surface area contributed by atoms with Gasteiger partial charge in [-0.2, -0.15) is 0 Å². The molecule has 1 unspecified atom stereocenters. The van der Waals surface area contributed by atoms with Crippen molar-refractivity contribution < 1.29 is 19.2 Å². The SMILES string of the molecule is O=C(C=Cc1ccccc1)Nc1ccc2c(c1)CN(C1CCC(=O)NC1=O)C2=O. The molecular weight excluding hydrogens is 370 g/mol. The molecule has 7 nitrogen and oxygen atoms in total. The van der Waals surface area contributed by atoms with Crippen molar-refractivity contribution in [3.8, 4) is 0 Å². The first kappa shape index (κ1) is 18.6. The van der Waals surface area contributed by atoms with Gasteiger partial charge in [0.25, 0.3) is 5.91 Å². The van der Waals surface area contributed by atoms with Crippen LogP contribution in [0.3, 0.4) is 0 Å². The molecule has 146 valence electrons. The second-order valence-electron chi connectivity index (χ2n) is 7.01. The van der Waals surface area contributed by atoms with E-state index in [0.717, 1.165) is 11.1 Å². The number of benzene rings is 2. The molecule has 2 heterocycles. The lowest BCUT2D eigenvalue weighted by Gasteiger charge is -2.29. The summed E-state index contributed by atoms with van der Waals surface area (Å²) in [6, 6.07) is 13.9. The lowest BCUT2D eigenvalue weighted by atomic mass is 10.0. The predicted octanol–water partition coefficient (Wildman–Crippen LogP) is 2.10. The van der Waals surface area contributed by atoms with E-state index in [-0.39, 0.29) is 30.7 Å². The van der Waals surface area contributed by atoms with Gasteiger partial charge in [-0.3, -0.25) is 24.5 Å². The molecule has 0 saturated carbocycles. The van der Waals surface area contributed by atoms with Crippen LogP contribution in [0.5, 0.6) is 0 Å².